The van der Waals surface area contributed by atoms with Crippen molar-refractivity contribution in [2.75, 3.05) is 0 Å². The number of carbonyl (C=O) groups is 2. The zero-order chi connectivity index (χ0) is 18.1. The van der Waals surface area contributed by atoms with Gasteiger partial charge in [0.2, 0.25) is 0 Å². The summed E-state index contributed by atoms with van der Waals surface area (Å²) in [6.45, 7) is 0. The molecule has 0 fully saturated rings. The molecule has 3 aromatic rings. The van der Waals surface area contributed by atoms with Crippen LogP contribution in [0.25, 0.3) is 5.65 Å². The number of fused-ring (bicyclic) bond motifs is 1. The van der Waals surface area contributed by atoms with Gasteiger partial charge in [0.1, 0.15) is 22.8 Å². The first-order valence-corrected chi connectivity index (χ1v) is 6.76. The number of aromatic hydroxyl groups is 1. The van der Waals surface area contributed by atoms with Crippen molar-refractivity contribution >= 4 is 29.1 Å². The molecule has 3 rings (SSSR count). The topological polar surface area (TPSA) is 137 Å². The normalized spacial score (nSPS) is 11.2. The van der Waals surface area contributed by atoms with Gasteiger partial charge in [0, 0.05) is 6.20 Å². The van der Waals surface area contributed by atoms with E-state index in [-0.39, 0.29) is 22.7 Å². The summed E-state index contributed by atoms with van der Waals surface area (Å²) in [6, 6.07) is 5.86. The van der Waals surface area contributed by atoms with Crippen molar-refractivity contribution in [2.24, 2.45) is 10.2 Å². The lowest BCUT2D eigenvalue weighted by Gasteiger charge is -2.00. The predicted molar refractivity (Wildman–Crippen MR) is 81.4 cm³/mol. The van der Waals surface area contributed by atoms with Gasteiger partial charge in [-0.25, -0.2) is 19.0 Å². The second-order valence-electron chi connectivity index (χ2n) is 4.87. The van der Waals surface area contributed by atoms with Crippen molar-refractivity contribution in [3.8, 4) is 5.75 Å². The summed E-state index contributed by atoms with van der Waals surface area (Å²) in [5.74, 6) is -4.05. The van der Waals surface area contributed by atoms with Crippen molar-refractivity contribution < 1.29 is 29.3 Å². The number of rotatable bonds is 4. The summed E-state index contributed by atoms with van der Waals surface area (Å²) in [6.07, 6.45) is 1.00. The molecule has 0 atom stereocenters. The van der Waals surface area contributed by atoms with E-state index < -0.39 is 29.2 Å². The number of carboxylic acids is 2. The molecule has 2 heterocycles. The summed E-state index contributed by atoms with van der Waals surface area (Å²) < 4.78 is 14.5. The lowest BCUT2D eigenvalue weighted by Crippen LogP contribution is -1.97. The van der Waals surface area contributed by atoms with Gasteiger partial charge in [0.05, 0.1) is 5.69 Å². The van der Waals surface area contributed by atoms with Gasteiger partial charge >= 0.3 is 11.9 Å². The SMILES string of the molecule is O=C(O)c1cc(N=Nc2c(C(=O)O)nc3ccc(F)cn23)ccc1O. The molecule has 1 aromatic carbocycles. The largest absolute Gasteiger partial charge is 0.507 e. The van der Waals surface area contributed by atoms with Crippen LogP contribution in [0.4, 0.5) is 15.9 Å². The molecule has 2 aromatic heterocycles. The summed E-state index contributed by atoms with van der Waals surface area (Å²) >= 11 is 0. The number of azo groups is 1. The number of aromatic carboxylic acids is 2. The Hall–Kier alpha value is -3.82. The van der Waals surface area contributed by atoms with Crippen molar-refractivity contribution in [3.05, 3.63) is 53.6 Å². The maximum absolute atomic E-state index is 13.4. The maximum atomic E-state index is 13.4. The second-order valence-corrected chi connectivity index (χ2v) is 4.87. The number of phenols is 1. The molecule has 10 heteroatoms. The molecule has 0 radical (unpaired) electrons. The van der Waals surface area contributed by atoms with Gasteiger partial charge in [-0.2, -0.15) is 0 Å². The van der Waals surface area contributed by atoms with Crippen molar-refractivity contribution in [1.82, 2.24) is 9.38 Å². The molecule has 0 unspecified atom stereocenters. The predicted octanol–water partition coefficient (Wildman–Crippen LogP) is 2.99. The fourth-order valence-corrected chi connectivity index (χ4v) is 2.11. The van der Waals surface area contributed by atoms with Crippen LogP contribution in [-0.4, -0.2) is 36.6 Å². The van der Waals surface area contributed by atoms with E-state index in [1.54, 1.807) is 0 Å². The van der Waals surface area contributed by atoms with Gasteiger partial charge in [-0.1, -0.05) is 0 Å². The highest BCUT2D eigenvalue weighted by molar-refractivity contribution is 5.92. The van der Waals surface area contributed by atoms with E-state index in [0.717, 1.165) is 28.8 Å². The Labute approximate surface area is 138 Å². The zero-order valence-electron chi connectivity index (χ0n) is 12.3. The Morgan fingerprint density at radius 1 is 1.08 bits per heavy atom. The highest BCUT2D eigenvalue weighted by Gasteiger charge is 2.19. The van der Waals surface area contributed by atoms with Crippen LogP contribution in [0.15, 0.2) is 46.8 Å². The van der Waals surface area contributed by atoms with E-state index >= 15 is 0 Å². The highest BCUT2D eigenvalue weighted by atomic mass is 19.1. The number of imidazole rings is 1. The number of hydrogen-bond donors (Lipinski definition) is 3. The minimum atomic E-state index is -1.38. The standard InChI is InChI=1S/C15H9FN4O5/c16-7-1-4-11-17-12(15(24)25)13(20(11)6-7)19-18-8-2-3-10(21)9(5-8)14(22)23/h1-6,21H,(H,22,23)(H,24,25). The smallest absolute Gasteiger partial charge is 0.358 e. The van der Waals surface area contributed by atoms with Crippen LogP contribution in [0.3, 0.4) is 0 Å². The molecular weight excluding hydrogens is 335 g/mol. The van der Waals surface area contributed by atoms with E-state index in [4.69, 9.17) is 5.11 Å². The van der Waals surface area contributed by atoms with Crippen LogP contribution in [0.5, 0.6) is 5.75 Å². The Kier molecular flexibility index (Phi) is 3.85. The minimum absolute atomic E-state index is 0.0536. The minimum Gasteiger partial charge on any atom is -0.507 e. The van der Waals surface area contributed by atoms with Crippen LogP contribution < -0.4 is 0 Å². The number of hydrogen-bond acceptors (Lipinski definition) is 6. The summed E-state index contributed by atoms with van der Waals surface area (Å²) in [7, 11) is 0. The van der Waals surface area contributed by atoms with Gasteiger partial charge in [0.25, 0.3) is 0 Å². The Bertz CT molecular complexity index is 1040. The molecule has 0 spiro atoms. The van der Waals surface area contributed by atoms with Crippen LogP contribution in [-0.2, 0) is 0 Å². The van der Waals surface area contributed by atoms with E-state index in [1.165, 1.54) is 12.1 Å². The summed E-state index contributed by atoms with van der Waals surface area (Å²) in [4.78, 5) is 26.1. The average molecular weight is 344 g/mol. The van der Waals surface area contributed by atoms with Crippen molar-refractivity contribution in [3.63, 3.8) is 0 Å². The number of pyridine rings is 1. The first-order valence-electron chi connectivity index (χ1n) is 6.76. The van der Waals surface area contributed by atoms with Crippen LogP contribution in [0, 0.1) is 5.82 Å². The van der Waals surface area contributed by atoms with Crippen molar-refractivity contribution in [1.29, 1.82) is 0 Å². The van der Waals surface area contributed by atoms with E-state index in [0.29, 0.717) is 0 Å². The third kappa shape index (κ3) is 3.00. The number of carboxylic acid groups (broad SMARTS) is 2. The molecule has 0 aliphatic carbocycles. The third-order valence-corrected chi connectivity index (χ3v) is 3.23. The van der Waals surface area contributed by atoms with Crippen LogP contribution in [0.2, 0.25) is 0 Å². The maximum Gasteiger partial charge on any atom is 0.358 e. The highest BCUT2D eigenvalue weighted by Crippen LogP contribution is 2.27. The number of aromatic nitrogens is 2. The molecular formula is C15H9FN4O5. The van der Waals surface area contributed by atoms with Crippen LogP contribution in [0.1, 0.15) is 20.8 Å². The summed E-state index contributed by atoms with van der Waals surface area (Å²) in [5.41, 5.74) is -0.617. The molecule has 126 valence electrons. The molecule has 9 nitrogen and oxygen atoms in total. The van der Waals surface area contributed by atoms with Crippen LogP contribution >= 0.6 is 0 Å². The fourth-order valence-electron chi connectivity index (χ4n) is 2.11. The molecule has 0 amide bonds. The van der Waals surface area contributed by atoms with Gasteiger partial charge in [-0.3, -0.25) is 4.40 Å². The fraction of sp³-hybridized carbons (Fsp3) is 0. The quantitative estimate of drug-likeness (QED) is 0.622. The third-order valence-electron chi connectivity index (χ3n) is 3.23. The second kappa shape index (κ2) is 6.00. The monoisotopic (exact) mass is 344 g/mol. The Morgan fingerprint density at radius 3 is 2.52 bits per heavy atom. The molecule has 0 aliphatic rings. The molecule has 25 heavy (non-hydrogen) atoms. The van der Waals surface area contributed by atoms with E-state index in [1.807, 2.05) is 0 Å². The van der Waals surface area contributed by atoms with Gasteiger partial charge < -0.3 is 15.3 Å². The lowest BCUT2D eigenvalue weighted by atomic mass is 10.2. The molecule has 0 saturated heterocycles. The van der Waals surface area contributed by atoms with Crippen molar-refractivity contribution in [2.45, 2.75) is 0 Å². The van der Waals surface area contributed by atoms with Gasteiger partial charge in [0.15, 0.2) is 11.5 Å². The molecule has 0 aliphatic heterocycles. The molecule has 0 saturated carbocycles. The summed E-state index contributed by atoms with van der Waals surface area (Å²) in [5, 5.41) is 35.1. The Balaban J connectivity index is 2.11. The first kappa shape index (κ1) is 16.1. The molecule has 0 bridgehead atoms. The number of halogens is 1. The molecule has 3 N–H and O–H groups in total. The Morgan fingerprint density at radius 2 is 1.84 bits per heavy atom. The lowest BCUT2D eigenvalue weighted by molar-refractivity contribution is 0.0682. The average Bonchev–Trinajstić information content (AvgIpc) is 2.92. The first-order chi connectivity index (χ1) is 11.9. The van der Waals surface area contributed by atoms with Gasteiger partial charge in [-0.05, 0) is 30.3 Å². The number of benzene rings is 1. The van der Waals surface area contributed by atoms with Gasteiger partial charge in [-0.15, -0.1) is 10.2 Å². The number of nitrogens with zero attached hydrogens (tertiary/aromatic N) is 4. The van der Waals surface area contributed by atoms with E-state index in [9.17, 15) is 24.2 Å². The van der Waals surface area contributed by atoms with E-state index in [2.05, 4.69) is 15.2 Å². The zero-order valence-corrected chi connectivity index (χ0v) is 12.3.